The first-order valence-corrected chi connectivity index (χ1v) is 9.97. The molecular weight excluding hydrogens is 403 g/mol. The van der Waals surface area contributed by atoms with Crippen LogP contribution in [0.5, 0.6) is 5.75 Å². The summed E-state index contributed by atoms with van der Waals surface area (Å²) >= 11 is 0. The van der Waals surface area contributed by atoms with E-state index in [2.05, 4.69) is 17.2 Å². The smallest absolute Gasteiger partial charge is 0.416 e. The minimum Gasteiger partial charge on any atom is -0.490 e. The van der Waals surface area contributed by atoms with Crippen molar-refractivity contribution in [2.75, 3.05) is 26.2 Å². The summed E-state index contributed by atoms with van der Waals surface area (Å²) in [7, 11) is 0. The molecule has 0 aliphatic carbocycles. The number of nitrogens with one attached hydrogen (secondary N) is 2. The number of rotatable bonds is 9. The Balaban J connectivity index is 1.81. The van der Waals surface area contributed by atoms with Gasteiger partial charge in [0.15, 0.2) is 0 Å². The second-order valence-electron chi connectivity index (χ2n) is 7.45. The normalized spacial score (nSPS) is 14.3. The zero-order chi connectivity index (χ0) is 22.3. The van der Waals surface area contributed by atoms with Crippen LogP contribution in [-0.2, 0) is 12.7 Å². The maximum absolute atomic E-state index is 13.1. The fourth-order valence-corrected chi connectivity index (χ4v) is 3.20. The fourth-order valence-electron chi connectivity index (χ4n) is 3.20. The lowest BCUT2D eigenvalue weighted by Gasteiger charge is -2.27. The number of hydrogen-bond acceptors (Lipinski definition) is 4. The van der Waals surface area contributed by atoms with E-state index >= 15 is 0 Å². The molecule has 1 fully saturated rings. The molecule has 0 radical (unpaired) electrons. The molecule has 2 aromatic rings. The number of benzene rings is 2. The van der Waals surface area contributed by atoms with E-state index in [0.29, 0.717) is 30.4 Å². The van der Waals surface area contributed by atoms with Crippen molar-refractivity contribution in [1.82, 2.24) is 10.6 Å². The average Bonchev–Trinajstić information content (AvgIpc) is 2.71. The van der Waals surface area contributed by atoms with E-state index in [-0.39, 0.29) is 5.56 Å². The monoisotopic (exact) mass is 427 g/mol. The predicted molar refractivity (Wildman–Crippen MR) is 115 cm³/mol. The minimum absolute atomic E-state index is 0.0343. The van der Waals surface area contributed by atoms with Crippen LogP contribution in [0.15, 0.2) is 49.1 Å². The third-order valence-corrected chi connectivity index (χ3v) is 4.86. The second-order valence-corrected chi connectivity index (χ2v) is 7.45. The molecule has 1 aliphatic heterocycles. The maximum Gasteiger partial charge on any atom is 0.416 e. The summed E-state index contributed by atoms with van der Waals surface area (Å²) in [4.78, 5) is 0. The number of nitrogens with zero attached hydrogens (tertiary/aromatic N) is 1. The summed E-state index contributed by atoms with van der Waals surface area (Å²) in [6, 6.07) is 10.8. The molecule has 0 bridgehead atoms. The van der Waals surface area contributed by atoms with Crippen molar-refractivity contribution in [1.29, 1.82) is 5.26 Å². The van der Waals surface area contributed by atoms with Crippen LogP contribution in [0.1, 0.15) is 27.8 Å². The van der Waals surface area contributed by atoms with Gasteiger partial charge in [-0.05, 0) is 52.9 Å². The predicted octanol–water partition coefficient (Wildman–Crippen LogP) is 4.62. The Bertz CT molecular complexity index is 989. The van der Waals surface area contributed by atoms with Crippen molar-refractivity contribution >= 4 is 12.2 Å². The highest BCUT2D eigenvalue weighted by Gasteiger charge is 2.31. The molecule has 2 aromatic carbocycles. The van der Waals surface area contributed by atoms with Gasteiger partial charge in [0.25, 0.3) is 0 Å². The van der Waals surface area contributed by atoms with Crippen LogP contribution in [-0.4, -0.2) is 26.2 Å². The number of hydrogen-bond donors (Lipinski definition) is 2. The van der Waals surface area contributed by atoms with Crippen LogP contribution >= 0.6 is 0 Å². The van der Waals surface area contributed by atoms with Crippen LogP contribution in [0.2, 0.25) is 0 Å². The van der Waals surface area contributed by atoms with Gasteiger partial charge in [0, 0.05) is 26.2 Å². The Labute approximate surface area is 180 Å². The summed E-state index contributed by atoms with van der Waals surface area (Å²) in [5, 5.41) is 15.7. The molecular formula is C24H24F3N3O. The zero-order valence-electron chi connectivity index (χ0n) is 17.0. The summed E-state index contributed by atoms with van der Waals surface area (Å²) in [6.07, 6.45) is 0.426. The van der Waals surface area contributed by atoms with E-state index in [9.17, 15) is 13.2 Å². The largest absolute Gasteiger partial charge is 0.490 e. The number of halogens is 3. The number of alkyl halides is 3. The molecule has 7 heteroatoms. The Morgan fingerprint density at radius 2 is 1.87 bits per heavy atom. The Morgan fingerprint density at radius 3 is 2.48 bits per heavy atom. The second kappa shape index (κ2) is 10.3. The van der Waals surface area contributed by atoms with Crippen molar-refractivity contribution < 1.29 is 17.9 Å². The highest BCUT2D eigenvalue weighted by atomic mass is 19.4. The Morgan fingerprint density at radius 1 is 1.13 bits per heavy atom. The lowest BCUT2D eigenvalue weighted by atomic mass is 10.0. The molecule has 162 valence electrons. The molecule has 0 amide bonds. The topological polar surface area (TPSA) is 57.1 Å². The standard InChI is InChI=1S/C24H24F3N3O/c1-2-5-31-23-10-18(7-20(11-23)13-29-14-21-15-30-16-21)4-3-17-6-19(12-28)9-22(8-17)24(25,26)27/h2-4,6-11,21,29-30H,1,5,13-16H2/b4-3+. The molecule has 0 spiro atoms. The van der Waals surface area contributed by atoms with Crippen molar-refractivity contribution in [2.45, 2.75) is 12.7 Å². The van der Waals surface area contributed by atoms with E-state index < -0.39 is 11.7 Å². The summed E-state index contributed by atoms with van der Waals surface area (Å²) in [6.45, 7) is 7.61. The quantitative estimate of drug-likeness (QED) is 0.453. The van der Waals surface area contributed by atoms with Crippen molar-refractivity contribution in [3.05, 3.63) is 76.9 Å². The average molecular weight is 427 g/mol. The summed E-state index contributed by atoms with van der Waals surface area (Å²) in [5.41, 5.74) is 1.23. The lowest BCUT2D eigenvalue weighted by molar-refractivity contribution is -0.137. The summed E-state index contributed by atoms with van der Waals surface area (Å²) < 4.78 is 45.0. The van der Waals surface area contributed by atoms with Gasteiger partial charge in [-0.2, -0.15) is 18.4 Å². The van der Waals surface area contributed by atoms with Gasteiger partial charge in [-0.1, -0.05) is 30.9 Å². The zero-order valence-corrected chi connectivity index (χ0v) is 17.0. The van der Waals surface area contributed by atoms with Gasteiger partial charge >= 0.3 is 6.18 Å². The molecule has 0 unspecified atom stereocenters. The van der Waals surface area contributed by atoms with Gasteiger partial charge in [0.1, 0.15) is 12.4 Å². The third-order valence-electron chi connectivity index (χ3n) is 4.86. The van der Waals surface area contributed by atoms with E-state index in [1.807, 2.05) is 18.2 Å². The maximum atomic E-state index is 13.1. The molecule has 2 N–H and O–H groups in total. The van der Waals surface area contributed by atoms with Gasteiger partial charge < -0.3 is 15.4 Å². The molecule has 4 nitrogen and oxygen atoms in total. The molecule has 0 saturated carbocycles. The molecule has 1 heterocycles. The number of nitriles is 1. The molecule has 0 atom stereocenters. The van der Waals surface area contributed by atoms with Gasteiger partial charge in [-0.3, -0.25) is 0 Å². The van der Waals surface area contributed by atoms with E-state index in [1.54, 1.807) is 24.3 Å². The molecule has 1 aliphatic rings. The Hall–Kier alpha value is -3.08. The molecule has 0 aromatic heterocycles. The highest BCUT2D eigenvalue weighted by Crippen LogP contribution is 2.31. The lowest BCUT2D eigenvalue weighted by Crippen LogP contribution is -2.47. The van der Waals surface area contributed by atoms with Gasteiger partial charge in [0.05, 0.1) is 17.2 Å². The summed E-state index contributed by atoms with van der Waals surface area (Å²) in [5.74, 6) is 1.29. The first kappa shape index (κ1) is 22.6. The number of ether oxygens (including phenoxy) is 1. The van der Waals surface area contributed by atoms with Gasteiger partial charge in [0.2, 0.25) is 0 Å². The minimum atomic E-state index is -4.51. The SMILES string of the molecule is C=CCOc1cc(/C=C/c2cc(C#N)cc(C(F)(F)F)c2)cc(CNCC2CNC2)c1. The van der Waals surface area contributed by atoms with Crippen molar-refractivity contribution in [3.8, 4) is 11.8 Å². The van der Waals surface area contributed by atoms with E-state index in [0.717, 1.165) is 42.9 Å². The highest BCUT2D eigenvalue weighted by molar-refractivity contribution is 5.71. The van der Waals surface area contributed by atoms with Gasteiger partial charge in [-0.15, -0.1) is 0 Å². The van der Waals surface area contributed by atoms with Crippen molar-refractivity contribution in [2.24, 2.45) is 5.92 Å². The third kappa shape index (κ3) is 6.71. The first-order valence-electron chi connectivity index (χ1n) is 9.97. The van der Waals surface area contributed by atoms with Crippen LogP contribution in [0, 0.1) is 17.2 Å². The van der Waals surface area contributed by atoms with Crippen LogP contribution in [0.4, 0.5) is 13.2 Å². The molecule has 31 heavy (non-hydrogen) atoms. The van der Waals surface area contributed by atoms with Crippen LogP contribution < -0.4 is 15.4 Å². The molecule has 1 saturated heterocycles. The molecule has 3 rings (SSSR count). The van der Waals surface area contributed by atoms with E-state index in [1.165, 1.54) is 6.07 Å². The van der Waals surface area contributed by atoms with Crippen LogP contribution in [0.3, 0.4) is 0 Å². The van der Waals surface area contributed by atoms with Crippen LogP contribution in [0.25, 0.3) is 12.2 Å². The van der Waals surface area contributed by atoms with Crippen molar-refractivity contribution in [3.63, 3.8) is 0 Å². The Kier molecular flexibility index (Phi) is 7.50. The van der Waals surface area contributed by atoms with E-state index in [4.69, 9.17) is 10.00 Å². The van der Waals surface area contributed by atoms with Gasteiger partial charge in [-0.25, -0.2) is 0 Å². The first-order chi connectivity index (χ1) is 14.9. The fraction of sp³-hybridized carbons (Fsp3) is 0.292.